The Bertz CT molecular complexity index is 230. The van der Waals surface area contributed by atoms with Crippen LogP contribution < -0.4 is 0 Å². The molecule has 1 rings (SSSR count). The lowest BCUT2D eigenvalue weighted by Gasteiger charge is -2.47. The topological polar surface area (TPSA) is 37.4 Å². The van der Waals surface area contributed by atoms with E-state index < -0.39 is 8.96 Å². The molecule has 0 saturated carbocycles. The zero-order chi connectivity index (χ0) is 10.7. The van der Waals surface area contributed by atoms with Gasteiger partial charge in [0.2, 0.25) is 5.91 Å². The molecule has 0 spiro atoms. The standard InChI is InChI=1S/C10H19NO2Si/c1-4-5-6-8-9(7-12)11(10(8)13)14(2)3/h7-9,14H,4-6H2,1-3H3. The number of β-lactam (4-membered cyclic amide) rings is 1. The average Bonchev–Trinajstić information content (AvgIpc) is 2.13. The molecular weight excluding hydrogens is 194 g/mol. The second-order valence-corrected chi connectivity index (χ2v) is 6.96. The Kier molecular flexibility index (Phi) is 3.86. The smallest absolute Gasteiger partial charge is 0.220 e. The van der Waals surface area contributed by atoms with Gasteiger partial charge in [-0.3, -0.25) is 4.79 Å². The van der Waals surface area contributed by atoms with Gasteiger partial charge in [0.05, 0.1) is 12.0 Å². The number of amides is 1. The van der Waals surface area contributed by atoms with E-state index in [1.807, 2.05) is 4.57 Å². The highest BCUT2D eigenvalue weighted by molar-refractivity contribution is 6.57. The van der Waals surface area contributed by atoms with Crippen LogP contribution in [0.3, 0.4) is 0 Å². The summed E-state index contributed by atoms with van der Waals surface area (Å²) in [5.41, 5.74) is 0. The molecule has 0 aliphatic carbocycles. The van der Waals surface area contributed by atoms with Crippen molar-refractivity contribution >= 4 is 21.2 Å². The van der Waals surface area contributed by atoms with Crippen molar-refractivity contribution in [3.05, 3.63) is 0 Å². The van der Waals surface area contributed by atoms with Crippen LogP contribution >= 0.6 is 0 Å². The van der Waals surface area contributed by atoms with Gasteiger partial charge in [0.15, 0.2) is 0 Å². The predicted molar refractivity (Wildman–Crippen MR) is 58.6 cm³/mol. The maximum absolute atomic E-state index is 11.7. The van der Waals surface area contributed by atoms with Gasteiger partial charge in [-0.05, 0) is 6.42 Å². The quantitative estimate of drug-likeness (QED) is 0.391. The van der Waals surface area contributed by atoms with Crippen LogP contribution in [0.15, 0.2) is 0 Å². The lowest BCUT2D eigenvalue weighted by molar-refractivity contribution is -0.150. The molecule has 0 aromatic rings. The van der Waals surface area contributed by atoms with Gasteiger partial charge >= 0.3 is 0 Å². The first kappa shape index (κ1) is 11.4. The SMILES string of the molecule is CCCCC1C(=O)N([SiH](C)C)C1C=O. The third-order valence-electron chi connectivity index (χ3n) is 2.87. The fraction of sp³-hybridized carbons (Fsp3) is 0.800. The summed E-state index contributed by atoms with van der Waals surface area (Å²) in [5, 5.41) is 0. The molecule has 0 radical (unpaired) electrons. The van der Waals surface area contributed by atoms with Crippen LogP contribution in [0, 0.1) is 5.92 Å². The van der Waals surface area contributed by atoms with E-state index in [4.69, 9.17) is 0 Å². The fourth-order valence-electron chi connectivity index (χ4n) is 2.07. The van der Waals surface area contributed by atoms with Crippen molar-refractivity contribution in [2.75, 3.05) is 0 Å². The Morgan fingerprint density at radius 1 is 1.50 bits per heavy atom. The summed E-state index contributed by atoms with van der Waals surface area (Å²) >= 11 is 0. The Labute approximate surface area is 87.2 Å². The molecule has 1 heterocycles. The van der Waals surface area contributed by atoms with E-state index in [1.165, 1.54) is 0 Å². The summed E-state index contributed by atoms with van der Waals surface area (Å²) in [5.74, 6) is 0.222. The molecule has 1 fully saturated rings. The second kappa shape index (κ2) is 4.73. The molecule has 1 aliphatic rings. The molecule has 2 atom stereocenters. The van der Waals surface area contributed by atoms with Crippen molar-refractivity contribution in [1.29, 1.82) is 0 Å². The Balaban J connectivity index is 2.55. The molecule has 1 aliphatic heterocycles. The minimum Gasteiger partial charge on any atom is -0.362 e. The third kappa shape index (κ3) is 1.89. The molecule has 0 N–H and O–H groups in total. The fourth-order valence-corrected chi connectivity index (χ4v) is 3.74. The number of aldehydes is 1. The number of hydrogen-bond donors (Lipinski definition) is 0. The summed E-state index contributed by atoms with van der Waals surface area (Å²) in [4.78, 5) is 22.5. The first-order valence-corrected chi connectivity index (χ1v) is 8.23. The van der Waals surface area contributed by atoms with Gasteiger partial charge in [-0.25, -0.2) is 0 Å². The van der Waals surface area contributed by atoms with Crippen molar-refractivity contribution in [3.8, 4) is 0 Å². The van der Waals surface area contributed by atoms with Crippen LogP contribution in [0.2, 0.25) is 13.1 Å². The van der Waals surface area contributed by atoms with E-state index in [-0.39, 0.29) is 17.9 Å². The van der Waals surface area contributed by atoms with Crippen molar-refractivity contribution < 1.29 is 9.59 Å². The van der Waals surface area contributed by atoms with Crippen LogP contribution in [0.5, 0.6) is 0 Å². The molecule has 0 bridgehead atoms. The summed E-state index contributed by atoms with van der Waals surface area (Å²) in [6.07, 6.45) is 3.98. The number of unbranched alkanes of at least 4 members (excludes halogenated alkanes) is 1. The maximum atomic E-state index is 11.7. The monoisotopic (exact) mass is 213 g/mol. The zero-order valence-corrected chi connectivity index (χ0v) is 10.3. The van der Waals surface area contributed by atoms with Gasteiger partial charge in [0, 0.05) is 0 Å². The Morgan fingerprint density at radius 2 is 2.14 bits per heavy atom. The van der Waals surface area contributed by atoms with E-state index in [1.54, 1.807) is 0 Å². The third-order valence-corrected chi connectivity index (χ3v) is 4.58. The Morgan fingerprint density at radius 3 is 2.57 bits per heavy atom. The van der Waals surface area contributed by atoms with Crippen molar-refractivity contribution in [1.82, 2.24) is 4.57 Å². The summed E-state index contributed by atoms with van der Waals surface area (Å²) in [6.45, 7) is 6.28. The summed E-state index contributed by atoms with van der Waals surface area (Å²) in [6, 6.07) is -0.0966. The highest BCUT2D eigenvalue weighted by Crippen LogP contribution is 2.30. The van der Waals surface area contributed by atoms with Gasteiger partial charge < -0.3 is 9.36 Å². The highest BCUT2D eigenvalue weighted by atomic mass is 28.3. The van der Waals surface area contributed by atoms with Crippen molar-refractivity contribution in [3.63, 3.8) is 0 Å². The molecule has 80 valence electrons. The zero-order valence-electron chi connectivity index (χ0n) is 9.19. The van der Waals surface area contributed by atoms with Crippen LogP contribution in [-0.2, 0) is 9.59 Å². The van der Waals surface area contributed by atoms with Crippen LogP contribution in [-0.4, -0.2) is 31.8 Å². The number of carbonyl (C=O) groups excluding carboxylic acids is 2. The molecule has 2 unspecified atom stereocenters. The maximum Gasteiger partial charge on any atom is 0.220 e. The molecule has 14 heavy (non-hydrogen) atoms. The summed E-state index contributed by atoms with van der Waals surface area (Å²) < 4.78 is 1.83. The van der Waals surface area contributed by atoms with Gasteiger partial charge in [0.1, 0.15) is 15.2 Å². The molecule has 1 amide bonds. The highest BCUT2D eigenvalue weighted by Gasteiger charge is 2.47. The number of hydrogen-bond acceptors (Lipinski definition) is 2. The minimum atomic E-state index is -1.13. The van der Waals surface area contributed by atoms with Crippen molar-refractivity contribution in [2.45, 2.75) is 45.3 Å². The van der Waals surface area contributed by atoms with E-state index in [0.717, 1.165) is 25.5 Å². The molecular formula is C10H19NO2Si. The van der Waals surface area contributed by atoms with Gasteiger partial charge in [-0.2, -0.15) is 0 Å². The summed E-state index contributed by atoms with van der Waals surface area (Å²) in [7, 11) is -1.13. The largest absolute Gasteiger partial charge is 0.362 e. The number of carbonyl (C=O) groups is 2. The number of rotatable bonds is 5. The van der Waals surface area contributed by atoms with E-state index in [0.29, 0.717) is 0 Å². The first-order chi connectivity index (χ1) is 6.63. The molecule has 0 aromatic heterocycles. The minimum absolute atomic E-state index is 0.00218. The van der Waals surface area contributed by atoms with E-state index in [9.17, 15) is 9.59 Å². The lowest BCUT2D eigenvalue weighted by atomic mass is 9.87. The molecule has 4 heteroatoms. The predicted octanol–water partition coefficient (Wildman–Crippen LogP) is 1.19. The normalized spacial score (nSPS) is 26.6. The van der Waals surface area contributed by atoms with E-state index in [2.05, 4.69) is 20.0 Å². The lowest BCUT2D eigenvalue weighted by Crippen LogP contribution is -2.65. The van der Waals surface area contributed by atoms with Gasteiger partial charge in [-0.1, -0.05) is 32.9 Å². The van der Waals surface area contributed by atoms with E-state index >= 15 is 0 Å². The molecule has 0 aromatic carbocycles. The van der Waals surface area contributed by atoms with Crippen LogP contribution in [0.1, 0.15) is 26.2 Å². The average molecular weight is 213 g/mol. The van der Waals surface area contributed by atoms with Gasteiger partial charge in [-0.15, -0.1) is 0 Å². The molecule has 3 nitrogen and oxygen atoms in total. The van der Waals surface area contributed by atoms with Crippen LogP contribution in [0.25, 0.3) is 0 Å². The Hall–Kier alpha value is -0.643. The first-order valence-electron chi connectivity index (χ1n) is 5.41. The second-order valence-electron chi connectivity index (χ2n) is 4.21. The van der Waals surface area contributed by atoms with Crippen molar-refractivity contribution in [2.24, 2.45) is 5.92 Å². The van der Waals surface area contributed by atoms with Crippen LogP contribution in [0.4, 0.5) is 0 Å². The molecule has 1 saturated heterocycles. The van der Waals surface area contributed by atoms with Gasteiger partial charge in [0.25, 0.3) is 0 Å². The number of nitrogens with zero attached hydrogens (tertiary/aromatic N) is 1.